The highest BCUT2D eigenvalue weighted by Gasteiger charge is 2.32. The molecule has 0 aromatic rings. The second kappa shape index (κ2) is 5.16. The summed E-state index contributed by atoms with van der Waals surface area (Å²) in [5, 5.41) is 34.2. The number of halogens is 1. The van der Waals surface area contributed by atoms with Crippen LogP contribution in [-0.2, 0) is 4.74 Å². The maximum Gasteiger partial charge on any atom is 0.160 e. The van der Waals surface area contributed by atoms with Gasteiger partial charge in [-0.2, -0.15) is 0 Å². The number of nitrogens with two attached hydrogens (primary N) is 1. The predicted octanol–water partition coefficient (Wildman–Crippen LogP) is -1.66. The summed E-state index contributed by atoms with van der Waals surface area (Å²) in [5.41, 5.74) is 5.11. The second-order valence-electron chi connectivity index (χ2n) is 2.76. The molecule has 6 N–H and O–H groups in total. The largest absolute Gasteiger partial charge is 0.482 e. The van der Waals surface area contributed by atoms with E-state index >= 15 is 0 Å². The van der Waals surface area contributed by atoms with Crippen molar-refractivity contribution in [2.24, 2.45) is 5.73 Å². The van der Waals surface area contributed by atoms with Crippen molar-refractivity contribution in [2.45, 2.75) is 18.3 Å². The Labute approximate surface area is 86.9 Å². The average molecular weight is 225 g/mol. The van der Waals surface area contributed by atoms with Crippen molar-refractivity contribution in [1.82, 2.24) is 0 Å². The van der Waals surface area contributed by atoms with E-state index in [1.54, 1.807) is 0 Å². The minimum absolute atomic E-state index is 0. The lowest BCUT2D eigenvalue weighted by molar-refractivity contribution is -0.0860. The van der Waals surface area contributed by atoms with Gasteiger partial charge >= 0.3 is 0 Å². The highest BCUT2D eigenvalue weighted by Crippen LogP contribution is 2.17. The van der Waals surface area contributed by atoms with Crippen LogP contribution in [-0.4, -0.2) is 46.1 Å². The summed E-state index contributed by atoms with van der Waals surface area (Å²) in [6.07, 6.45) is -2.14. The van der Waals surface area contributed by atoms with Crippen molar-refractivity contribution < 1.29 is 20.1 Å². The molecule has 0 aromatic carbocycles. The Morgan fingerprint density at radius 2 is 2.14 bits per heavy atom. The van der Waals surface area contributed by atoms with Gasteiger partial charge in [0.05, 0.1) is 6.61 Å². The molecule has 0 fully saturated rings. The second-order valence-corrected chi connectivity index (χ2v) is 2.76. The van der Waals surface area contributed by atoms with Crippen LogP contribution in [0.1, 0.15) is 0 Å². The molecule has 0 bridgehead atoms. The topological polar surface area (TPSA) is 120 Å². The third-order valence-corrected chi connectivity index (χ3v) is 1.78. The number of aliphatic hydroxyl groups is 3. The van der Waals surface area contributed by atoms with E-state index in [9.17, 15) is 10.2 Å². The van der Waals surface area contributed by atoms with Crippen LogP contribution in [0.5, 0.6) is 0 Å². The van der Waals surface area contributed by atoms with Gasteiger partial charge in [0, 0.05) is 0 Å². The average Bonchev–Trinajstić information content (AvgIpc) is 2.09. The van der Waals surface area contributed by atoms with Gasteiger partial charge in [0.1, 0.15) is 12.2 Å². The van der Waals surface area contributed by atoms with Gasteiger partial charge in [-0.1, -0.05) is 0 Å². The van der Waals surface area contributed by atoms with E-state index in [0.717, 1.165) is 6.08 Å². The maximum absolute atomic E-state index is 9.25. The third-order valence-electron chi connectivity index (χ3n) is 1.78. The minimum atomic E-state index is -1.19. The summed E-state index contributed by atoms with van der Waals surface area (Å²) in [7, 11) is 0. The SMILES string of the molecule is Cl.N=C(N)C1=C[C@@H](O)[C@@H](O)[C@@H](CO)O1. The van der Waals surface area contributed by atoms with E-state index in [1.807, 2.05) is 0 Å². The molecule has 6 nitrogen and oxygen atoms in total. The van der Waals surface area contributed by atoms with E-state index in [2.05, 4.69) is 0 Å². The summed E-state index contributed by atoms with van der Waals surface area (Å²) >= 11 is 0. The van der Waals surface area contributed by atoms with Crippen LogP contribution < -0.4 is 5.73 Å². The molecule has 82 valence electrons. The molecular formula is C7H13ClN2O4. The number of ether oxygens (including phenoxy) is 1. The Bertz CT molecular complexity index is 246. The molecule has 0 unspecified atom stereocenters. The minimum Gasteiger partial charge on any atom is -0.482 e. The predicted molar refractivity (Wildman–Crippen MR) is 51.2 cm³/mol. The Kier molecular flexibility index (Phi) is 4.86. The van der Waals surface area contributed by atoms with E-state index < -0.39 is 24.9 Å². The van der Waals surface area contributed by atoms with Gasteiger partial charge in [0.2, 0.25) is 0 Å². The standard InChI is InChI=1S/C7H12N2O4.ClH/c8-7(9)4-1-3(11)6(12)5(2-10)13-4;/h1,3,5-6,10-12H,2H2,(H3,8,9);1H/t3-,5-,6-;/m1./s1. The lowest BCUT2D eigenvalue weighted by Crippen LogP contribution is -2.45. The van der Waals surface area contributed by atoms with Crippen LogP contribution in [0.4, 0.5) is 0 Å². The number of hydrogen-bond donors (Lipinski definition) is 5. The first-order chi connectivity index (χ1) is 6.06. The van der Waals surface area contributed by atoms with Gasteiger partial charge in [-0.3, -0.25) is 5.41 Å². The van der Waals surface area contributed by atoms with Crippen LogP contribution in [0.25, 0.3) is 0 Å². The molecule has 1 aliphatic rings. The first-order valence-corrected chi connectivity index (χ1v) is 3.76. The molecule has 14 heavy (non-hydrogen) atoms. The van der Waals surface area contributed by atoms with Gasteiger partial charge in [-0.15, -0.1) is 12.4 Å². The summed E-state index contributed by atoms with van der Waals surface area (Å²) < 4.78 is 4.93. The molecule has 7 heteroatoms. The molecule has 0 saturated carbocycles. The zero-order valence-corrected chi connectivity index (χ0v) is 8.07. The molecule has 1 rings (SSSR count). The highest BCUT2D eigenvalue weighted by atomic mass is 35.5. The van der Waals surface area contributed by atoms with Gasteiger partial charge < -0.3 is 25.8 Å². The summed E-state index contributed by atoms with van der Waals surface area (Å²) in [4.78, 5) is 0. The normalized spacial score (nSPS) is 31.1. The van der Waals surface area contributed by atoms with E-state index in [0.29, 0.717) is 0 Å². The molecule has 0 saturated heterocycles. The summed E-state index contributed by atoms with van der Waals surface area (Å²) in [6, 6.07) is 0. The fourth-order valence-corrected chi connectivity index (χ4v) is 1.04. The molecule has 1 heterocycles. The van der Waals surface area contributed by atoms with Crippen molar-refractivity contribution in [3.8, 4) is 0 Å². The first-order valence-electron chi connectivity index (χ1n) is 3.76. The van der Waals surface area contributed by atoms with Crippen LogP contribution in [0.2, 0.25) is 0 Å². The number of amidine groups is 1. The van der Waals surface area contributed by atoms with Crippen molar-refractivity contribution in [3.05, 3.63) is 11.8 Å². The smallest absolute Gasteiger partial charge is 0.160 e. The Hall–Kier alpha value is -0.820. The Balaban J connectivity index is 0.00000169. The van der Waals surface area contributed by atoms with E-state index in [4.69, 9.17) is 21.0 Å². The van der Waals surface area contributed by atoms with Gasteiger partial charge in [0.25, 0.3) is 0 Å². The number of nitrogens with one attached hydrogen (secondary N) is 1. The van der Waals surface area contributed by atoms with Gasteiger partial charge in [0.15, 0.2) is 17.7 Å². The maximum atomic E-state index is 9.25. The van der Waals surface area contributed by atoms with Gasteiger partial charge in [-0.25, -0.2) is 0 Å². The molecule has 3 atom stereocenters. The Morgan fingerprint density at radius 1 is 1.57 bits per heavy atom. The molecule has 0 radical (unpaired) electrons. The van der Waals surface area contributed by atoms with Crippen LogP contribution in [0.3, 0.4) is 0 Å². The molecule has 0 spiro atoms. The monoisotopic (exact) mass is 224 g/mol. The van der Waals surface area contributed by atoms with Crippen LogP contribution >= 0.6 is 12.4 Å². The lowest BCUT2D eigenvalue weighted by atomic mass is 10.0. The molecule has 0 aliphatic carbocycles. The van der Waals surface area contributed by atoms with E-state index in [1.165, 1.54) is 0 Å². The first kappa shape index (κ1) is 13.2. The van der Waals surface area contributed by atoms with Crippen LogP contribution in [0, 0.1) is 5.41 Å². The molecule has 0 amide bonds. The molecular weight excluding hydrogens is 212 g/mol. The molecule has 0 aromatic heterocycles. The lowest BCUT2D eigenvalue weighted by Gasteiger charge is -2.30. The summed E-state index contributed by atoms with van der Waals surface area (Å²) in [6.45, 7) is -0.442. The third kappa shape index (κ3) is 2.58. The zero-order valence-electron chi connectivity index (χ0n) is 7.25. The van der Waals surface area contributed by atoms with E-state index in [-0.39, 0.29) is 24.0 Å². The quantitative estimate of drug-likeness (QED) is 0.284. The fourth-order valence-electron chi connectivity index (χ4n) is 1.04. The molecule has 1 aliphatic heterocycles. The van der Waals surface area contributed by atoms with Crippen molar-refractivity contribution >= 4 is 18.2 Å². The van der Waals surface area contributed by atoms with Crippen molar-refractivity contribution in [2.75, 3.05) is 6.61 Å². The van der Waals surface area contributed by atoms with Gasteiger partial charge in [-0.05, 0) is 6.08 Å². The van der Waals surface area contributed by atoms with Crippen molar-refractivity contribution in [1.29, 1.82) is 5.41 Å². The number of rotatable bonds is 2. The van der Waals surface area contributed by atoms with Crippen LogP contribution in [0.15, 0.2) is 11.8 Å². The Morgan fingerprint density at radius 3 is 2.57 bits per heavy atom. The highest BCUT2D eigenvalue weighted by molar-refractivity contribution is 5.92. The summed E-state index contributed by atoms with van der Waals surface area (Å²) in [5.74, 6) is -0.360. The zero-order chi connectivity index (χ0) is 10.0. The fraction of sp³-hybridized carbons (Fsp3) is 0.571. The van der Waals surface area contributed by atoms with Crippen molar-refractivity contribution in [3.63, 3.8) is 0 Å². The number of hydrogen-bond acceptors (Lipinski definition) is 5. The number of aliphatic hydroxyl groups excluding tert-OH is 3.